The van der Waals surface area contributed by atoms with Crippen LogP contribution in [0, 0.1) is 25.2 Å². The Balaban J connectivity index is 1.74. The second-order valence-electron chi connectivity index (χ2n) is 12.5. The van der Waals surface area contributed by atoms with Crippen LogP contribution >= 0.6 is 0 Å². The molecule has 2 unspecified atom stereocenters. The number of likely N-dealkylation sites (N-methyl/N-ethyl adjacent to an activating group) is 1. The molecule has 4 rings (SSSR count). The SMILES string of the molecule is Cc1ccc(CNCCC(=O)N(C)C2C(=O)NCC(=O)NC(C(=O)NCC#N)Cc3ccc(OCCN)c(c3)-c3cc2ccc3OCCN)c(C)c1. The van der Waals surface area contributed by atoms with Gasteiger partial charge in [0, 0.05) is 57.2 Å². The Kier molecular flexibility index (Phi) is 14.5. The zero-order chi connectivity index (χ0) is 37.6. The molecule has 0 saturated carbocycles. The van der Waals surface area contributed by atoms with E-state index in [4.69, 9.17) is 26.2 Å². The highest BCUT2D eigenvalue weighted by molar-refractivity contribution is 5.94. The lowest BCUT2D eigenvalue weighted by Crippen LogP contribution is -2.51. The monoisotopic (exact) mass is 712 g/mol. The van der Waals surface area contributed by atoms with Gasteiger partial charge in [-0.2, -0.15) is 5.26 Å². The van der Waals surface area contributed by atoms with Gasteiger partial charge in [-0.1, -0.05) is 35.9 Å². The number of nitriles is 1. The van der Waals surface area contributed by atoms with Gasteiger partial charge in [-0.25, -0.2) is 0 Å². The fourth-order valence-electron chi connectivity index (χ4n) is 5.97. The number of nitrogens with zero attached hydrogens (tertiary/aromatic N) is 2. The fraction of sp³-hybridized carbons (Fsp3) is 0.395. The molecule has 1 aliphatic rings. The van der Waals surface area contributed by atoms with E-state index in [9.17, 15) is 19.2 Å². The minimum atomic E-state index is -1.14. The van der Waals surface area contributed by atoms with Crippen molar-refractivity contribution < 1.29 is 28.7 Å². The Labute approximate surface area is 304 Å². The largest absolute Gasteiger partial charge is 0.492 e. The van der Waals surface area contributed by atoms with Gasteiger partial charge in [0.1, 0.15) is 43.3 Å². The topological polar surface area (TPSA) is 214 Å². The van der Waals surface area contributed by atoms with Gasteiger partial charge < -0.3 is 47.1 Å². The van der Waals surface area contributed by atoms with Crippen LogP contribution in [0.15, 0.2) is 54.6 Å². The van der Waals surface area contributed by atoms with E-state index < -0.39 is 36.3 Å². The molecular formula is C38H48N8O6. The first-order valence-corrected chi connectivity index (χ1v) is 17.2. The van der Waals surface area contributed by atoms with Crippen LogP contribution < -0.4 is 42.2 Å². The number of ether oxygens (including phenoxy) is 2. The standard InChI is InChI=1S/C38H48N8O6/c1-24-4-6-28(25(2)18-24)22-42-14-10-35(48)46(3)36-27-7-9-33(52-17-13-41)30(21-27)29-19-26(5-8-32(29)51-16-12-40)20-31(37(49)43-15-11-39)45-34(47)23-44-38(36)50/h4-9,18-19,21,31,36,42H,10,12-17,20,22-23,40-41H2,1-3H3,(H,43,49)(H,44,50)(H,45,47). The van der Waals surface area contributed by atoms with Crippen LogP contribution in [0.5, 0.6) is 11.5 Å². The average molecular weight is 713 g/mol. The molecule has 3 aromatic carbocycles. The van der Waals surface area contributed by atoms with Gasteiger partial charge in [0.25, 0.3) is 0 Å². The third kappa shape index (κ3) is 10.5. The third-order valence-electron chi connectivity index (χ3n) is 8.62. The summed E-state index contributed by atoms with van der Waals surface area (Å²) in [4.78, 5) is 55.2. The molecule has 3 aromatic rings. The van der Waals surface area contributed by atoms with Crippen LogP contribution in [0.1, 0.15) is 40.3 Å². The zero-order valence-electron chi connectivity index (χ0n) is 29.9. The Morgan fingerprint density at radius 3 is 2.35 bits per heavy atom. The highest BCUT2D eigenvalue weighted by Crippen LogP contribution is 2.40. The Bertz CT molecular complexity index is 1790. The molecule has 276 valence electrons. The molecule has 0 radical (unpaired) electrons. The van der Waals surface area contributed by atoms with Crippen LogP contribution in [0.25, 0.3) is 11.1 Å². The van der Waals surface area contributed by atoms with E-state index in [0.29, 0.717) is 46.8 Å². The molecule has 0 aliphatic carbocycles. The van der Waals surface area contributed by atoms with Gasteiger partial charge in [0.05, 0.1) is 12.6 Å². The van der Waals surface area contributed by atoms with Crippen molar-refractivity contribution in [2.24, 2.45) is 11.5 Å². The van der Waals surface area contributed by atoms with Gasteiger partial charge in [0.15, 0.2) is 0 Å². The first kappa shape index (κ1) is 39.3. The van der Waals surface area contributed by atoms with Gasteiger partial charge in [-0.05, 0) is 60.4 Å². The number of fused-ring (bicyclic) bond motifs is 5. The summed E-state index contributed by atoms with van der Waals surface area (Å²) in [6, 6.07) is 16.4. The molecule has 0 spiro atoms. The van der Waals surface area contributed by atoms with E-state index in [1.807, 2.05) is 32.0 Å². The van der Waals surface area contributed by atoms with E-state index in [0.717, 1.165) is 11.1 Å². The van der Waals surface area contributed by atoms with Crippen LogP contribution in [-0.2, 0) is 32.1 Å². The normalized spacial score (nSPS) is 15.7. The molecule has 14 nitrogen and oxygen atoms in total. The summed E-state index contributed by atoms with van der Waals surface area (Å²) in [5.74, 6) is -1.18. The lowest BCUT2D eigenvalue weighted by atomic mass is 9.93. The summed E-state index contributed by atoms with van der Waals surface area (Å²) < 4.78 is 12.1. The van der Waals surface area contributed by atoms with E-state index in [-0.39, 0.29) is 51.6 Å². The number of benzene rings is 3. The number of hydrogen-bond acceptors (Lipinski definition) is 10. The van der Waals surface area contributed by atoms with E-state index in [1.54, 1.807) is 37.4 Å². The summed E-state index contributed by atoms with van der Waals surface area (Å²) in [5.41, 5.74) is 17.3. The summed E-state index contributed by atoms with van der Waals surface area (Å²) in [5, 5.41) is 20.2. The maximum atomic E-state index is 14.0. The molecular weight excluding hydrogens is 664 g/mol. The lowest BCUT2D eigenvalue weighted by Gasteiger charge is -2.29. The van der Waals surface area contributed by atoms with Crippen molar-refractivity contribution in [1.82, 2.24) is 26.2 Å². The number of nitrogens with two attached hydrogens (primary N) is 2. The molecule has 0 aromatic heterocycles. The van der Waals surface area contributed by atoms with Crippen molar-refractivity contribution in [2.75, 3.05) is 53.0 Å². The second-order valence-corrected chi connectivity index (χ2v) is 12.5. The number of nitrogens with one attached hydrogen (secondary N) is 4. The van der Waals surface area contributed by atoms with Gasteiger partial charge >= 0.3 is 0 Å². The maximum Gasteiger partial charge on any atom is 0.247 e. The number of carbonyl (C=O) groups is 4. The van der Waals surface area contributed by atoms with Crippen LogP contribution in [-0.4, -0.2) is 87.6 Å². The Hall–Kier alpha value is -5.49. The van der Waals surface area contributed by atoms with Crippen molar-refractivity contribution in [3.05, 3.63) is 82.4 Å². The molecule has 4 bridgehead atoms. The third-order valence-corrected chi connectivity index (χ3v) is 8.62. The van der Waals surface area contributed by atoms with Gasteiger partial charge in [-0.3, -0.25) is 19.2 Å². The molecule has 1 heterocycles. The minimum absolute atomic E-state index is 0.0666. The van der Waals surface area contributed by atoms with E-state index in [2.05, 4.69) is 33.4 Å². The molecule has 2 atom stereocenters. The summed E-state index contributed by atoms with van der Waals surface area (Å²) in [6.45, 7) is 5.23. The minimum Gasteiger partial charge on any atom is -0.492 e. The van der Waals surface area contributed by atoms with Crippen molar-refractivity contribution in [3.8, 4) is 28.7 Å². The summed E-state index contributed by atoms with van der Waals surface area (Å²) >= 11 is 0. The number of aryl methyl sites for hydroxylation is 2. The first-order chi connectivity index (χ1) is 25.1. The predicted octanol–water partition coefficient (Wildman–Crippen LogP) is 1.12. The number of carbonyl (C=O) groups excluding carboxylic acids is 4. The molecule has 4 amide bonds. The van der Waals surface area contributed by atoms with Crippen molar-refractivity contribution in [2.45, 2.75) is 45.3 Å². The maximum absolute atomic E-state index is 14.0. The summed E-state index contributed by atoms with van der Waals surface area (Å²) in [6.07, 6.45) is 0.173. The first-order valence-electron chi connectivity index (χ1n) is 17.2. The number of rotatable bonds is 14. The average Bonchev–Trinajstić information content (AvgIpc) is 3.13. The predicted molar refractivity (Wildman–Crippen MR) is 196 cm³/mol. The van der Waals surface area contributed by atoms with Crippen molar-refractivity contribution >= 4 is 23.6 Å². The summed E-state index contributed by atoms with van der Waals surface area (Å²) in [7, 11) is 1.55. The molecule has 1 aliphatic heterocycles. The van der Waals surface area contributed by atoms with E-state index >= 15 is 0 Å². The molecule has 8 N–H and O–H groups in total. The van der Waals surface area contributed by atoms with Crippen molar-refractivity contribution in [3.63, 3.8) is 0 Å². The van der Waals surface area contributed by atoms with Gasteiger partial charge in [-0.15, -0.1) is 0 Å². The number of hydrogen-bond donors (Lipinski definition) is 6. The molecule has 0 fully saturated rings. The quantitative estimate of drug-likeness (QED) is 0.104. The van der Waals surface area contributed by atoms with Gasteiger partial charge in [0.2, 0.25) is 23.6 Å². The zero-order valence-corrected chi connectivity index (χ0v) is 29.9. The lowest BCUT2D eigenvalue weighted by molar-refractivity contribution is -0.139. The molecule has 14 heteroatoms. The van der Waals surface area contributed by atoms with Crippen LogP contribution in [0.3, 0.4) is 0 Å². The Morgan fingerprint density at radius 2 is 1.67 bits per heavy atom. The fourth-order valence-corrected chi connectivity index (χ4v) is 5.97. The number of amides is 4. The molecule has 52 heavy (non-hydrogen) atoms. The smallest absolute Gasteiger partial charge is 0.247 e. The highest BCUT2D eigenvalue weighted by atomic mass is 16.5. The molecule has 0 saturated heterocycles. The van der Waals surface area contributed by atoms with Crippen LogP contribution in [0.4, 0.5) is 0 Å². The van der Waals surface area contributed by atoms with Crippen molar-refractivity contribution in [1.29, 1.82) is 5.26 Å². The second kappa shape index (κ2) is 19.2. The van der Waals surface area contributed by atoms with Crippen LogP contribution in [0.2, 0.25) is 0 Å². The van der Waals surface area contributed by atoms with E-state index in [1.165, 1.54) is 10.5 Å². The Morgan fingerprint density at radius 1 is 0.981 bits per heavy atom. The highest BCUT2D eigenvalue weighted by Gasteiger charge is 2.31.